The second kappa shape index (κ2) is 3.69. The van der Waals surface area contributed by atoms with Gasteiger partial charge in [-0.05, 0) is 25.7 Å². The summed E-state index contributed by atoms with van der Waals surface area (Å²) in [5.41, 5.74) is 0. The fourth-order valence-electron chi connectivity index (χ4n) is 2.36. The Kier molecular flexibility index (Phi) is 2.54. The van der Waals surface area contributed by atoms with E-state index in [-0.39, 0.29) is 36.8 Å². The number of rotatable bonds is 1. The first-order chi connectivity index (χ1) is 6.66. The third-order valence-corrected chi connectivity index (χ3v) is 3.08. The zero-order valence-electron chi connectivity index (χ0n) is 8.11. The van der Waals surface area contributed by atoms with Crippen LogP contribution in [0, 0.1) is 0 Å². The molecule has 0 bridgehead atoms. The zero-order chi connectivity index (χ0) is 10.1. The molecule has 4 heteroatoms. The minimum Gasteiger partial charge on any atom is -0.393 e. The first-order valence-corrected chi connectivity index (χ1v) is 5.16. The molecule has 1 aliphatic carbocycles. The fourth-order valence-corrected chi connectivity index (χ4v) is 2.36. The molecule has 0 spiro atoms. The van der Waals surface area contributed by atoms with Gasteiger partial charge in [-0.2, -0.15) is 0 Å². The van der Waals surface area contributed by atoms with E-state index < -0.39 is 0 Å². The minimum absolute atomic E-state index is 0.00932. The number of ketones is 1. The maximum atomic E-state index is 11.4. The number of carbonyl (C=O) groups excluding carboxylic acids is 2. The lowest BCUT2D eigenvalue weighted by molar-refractivity contribution is -0.130. The molecule has 1 saturated heterocycles. The average Bonchev–Trinajstić information content (AvgIpc) is 2.45. The summed E-state index contributed by atoms with van der Waals surface area (Å²) in [6.07, 6.45) is 3.11. The van der Waals surface area contributed by atoms with Crippen molar-refractivity contribution in [3.8, 4) is 0 Å². The third kappa shape index (κ3) is 1.80. The molecule has 2 fully saturated rings. The second-order valence-electron chi connectivity index (χ2n) is 4.21. The van der Waals surface area contributed by atoms with Crippen molar-refractivity contribution in [3.05, 3.63) is 0 Å². The Morgan fingerprint density at radius 3 is 2.64 bits per heavy atom. The number of carbonyl (C=O) groups is 2. The topological polar surface area (TPSA) is 57.6 Å². The number of likely N-dealkylation sites (tertiary alicyclic amines) is 1. The van der Waals surface area contributed by atoms with Crippen LogP contribution >= 0.6 is 0 Å². The van der Waals surface area contributed by atoms with E-state index in [4.69, 9.17) is 0 Å². The molecule has 1 heterocycles. The summed E-state index contributed by atoms with van der Waals surface area (Å²) in [6, 6.07) is 0.0951. The highest BCUT2D eigenvalue weighted by atomic mass is 16.3. The van der Waals surface area contributed by atoms with Gasteiger partial charge in [0.25, 0.3) is 0 Å². The predicted octanol–water partition coefficient (Wildman–Crippen LogP) is 0.0913. The van der Waals surface area contributed by atoms with E-state index in [9.17, 15) is 14.7 Å². The van der Waals surface area contributed by atoms with Crippen LogP contribution in [-0.4, -0.2) is 40.4 Å². The van der Waals surface area contributed by atoms with Crippen LogP contribution in [0.5, 0.6) is 0 Å². The highest BCUT2D eigenvalue weighted by Gasteiger charge is 2.35. The molecule has 1 aliphatic heterocycles. The van der Waals surface area contributed by atoms with Gasteiger partial charge in [0.1, 0.15) is 0 Å². The van der Waals surface area contributed by atoms with Crippen molar-refractivity contribution < 1.29 is 14.7 Å². The summed E-state index contributed by atoms with van der Waals surface area (Å²) < 4.78 is 0. The molecule has 14 heavy (non-hydrogen) atoms. The van der Waals surface area contributed by atoms with E-state index >= 15 is 0 Å². The number of amides is 1. The van der Waals surface area contributed by atoms with Crippen LogP contribution in [-0.2, 0) is 9.59 Å². The molecule has 0 aromatic rings. The largest absolute Gasteiger partial charge is 0.393 e. The van der Waals surface area contributed by atoms with Gasteiger partial charge in [0, 0.05) is 6.04 Å². The van der Waals surface area contributed by atoms with Crippen LogP contribution < -0.4 is 0 Å². The number of nitrogens with zero attached hydrogens (tertiary/aromatic N) is 1. The Hall–Kier alpha value is -0.900. The maximum Gasteiger partial charge on any atom is 0.230 e. The predicted molar refractivity (Wildman–Crippen MR) is 49.6 cm³/mol. The van der Waals surface area contributed by atoms with Crippen molar-refractivity contribution in [3.63, 3.8) is 0 Å². The van der Waals surface area contributed by atoms with Crippen molar-refractivity contribution >= 4 is 11.7 Å². The van der Waals surface area contributed by atoms with Gasteiger partial charge in [-0.15, -0.1) is 0 Å². The summed E-state index contributed by atoms with van der Waals surface area (Å²) in [5, 5.41) is 9.47. The fraction of sp³-hybridized carbons (Fsp3) is 0.800. The molecule has 4 nitrogen and oxygen atoms in total. The van der Waals surface area contributed by atoms with Gasteiger partial charge in [0.15, 0.2) is 5.78 Å². The minimum atomic E-state index is -0.294. The van der Waals surface area contributed by atoms with E-state index in [1.807, 2.05) is 0 Å². The SMILES string of the molecule is O=C1CC(=O)N(C2CCCC(O)C2)C1. The summed E-state index contributed by atoms with van der Waals surface area (Å²) in [4.78, 5) is 24.1. The Morgan fingerprint density at radius 1 is 1.29 bits per heavy atom. The third-order valence-electron chi connectivity index (χ3n) is 3.08. The van der Waals surface area contributed by atoms with Crippen LogP contribution in [0.15, 0.2) is 0 Å². The van der Waals surface area contributed by atoms with Crippen molar-refractivity contribution in [2.45, 2.75) is 44.2 Å². The summed E-state index contributed by atoms with van der Waals surface area (Å²) >= 11 is 0. The number of Topliss-reactive ketones (excluding diaryl/α,β-unsaturated/α-hetero) is 1. The highest BCUT2D eigenvalue weighted by molar-refractivity contribution is 6.05. The molecule has 2 unspecified atom stereocenters. The van der Waals surface area contributed by atoms with E-state index in [2.05, 4.69) is 0 Å². The second-order valence-corrected chi connectivity index (χ2v) is 4.21. The molecule has 1 saturated carbocycles. The Morgan fingerprint density at radius 2 is 2.07 bits per heavy atom. The highest BCUT2D eigenvalue weighted by Crippen LogP contribution is 2.25. The molecule has 1 amide bonds. The van der Waals surface area contributed by atoms with Crippen LogP contribution in [0.1, 0.15) is 32.1 Å². The Balaban J connectivity index is 2.00. The summed E-state index contributed by atoms with van der Waals surface area (Å²) in [5.74, 6) is -0.0517. The van der Waals surface area contributed by atoms with Crippen LogP contribution in [0.2, 0.25) is 0 Å². The quantitative estimate of drug-likeness (QED) is 0.606. The normalized spacial score (nSPS) is 33.9. The van der Waals surface area contributed by atoms with Crippen LogP contribution in [0.4, 0.5) is 0 Å². The van der Waals surface area contributed by atoms with Crippen LogP contribution in [0.25, 0.3) is 0 Å². The summed E-state index contributed by atoms with van der Waals surface area (Å²) in [6.45, 7) is 0.260. The van der Waals surface area contributed by atoms with E-state index in [1.54, 1.807) is 4.90 Å². The Labute approximate surface area is 82.9 Å². The zero-order valence-corrected chi connectivity index (χ0v) is 8.11. The monoisotopic (exact) mass is 197 g/mol. The molecule has 0 radical (unpaired) electrons. The van der Waals surface area contributed by atoms with Gasteiger partial charge in [-0.25, -0.2) is 0 Å². The van der Waals surface area contributed by atoms with Crippen molar-refractivity contribution in [2.75, 3.05) is 6.54 Å². The Bertz CT molecular complexity index is 264. The first kappa shape index (κ1) is 9.65. The average molecular weight is 197 g/mol. The molecule has 0 aromatic carbocycles. The maximum absolute atomic E-state index is 11.4. The van der Waals surface area contributed by atoms with Gasteiger partial charge < -0.3 is 10.0 Å². The molecular formula is C10H15NO3. The van der Waals surface area contributed by atoms with E-state index in [0.717, 1.165) is 19.3 Å². The van der Waals surface area contributed by atoms with Crippen LogP contribution in [0.3, 0.4) is 0 Å². The van der Waals surface area contributed by atoms with E-state index in [1.165, 1.54) is 0 Å². The molecular weight excluding hydrogens is 182 g/mol. The molecule has 0 aromatic heterocycles. The van der Waals surface area contributed by atoms with E-state index in [0.29, 0.717) is 6.42 Å². The molecule has 1 N–H and O–H groups in total. The molecule has 2 aliphatic rings. The number of aliphatic hydroxyl groups is 1. The van der Waals surface area contributed by atoms with Gasteiger partial charge >= 0.3 is 0 Å². The number of aliphatic hydroxyl groups excluding tert-OH is 1. The standard InChI is InChI=1S/C10H15NO3/c12-8-3-1-2-7(4-8)11-6-9(13)5-10(11)14/h7-8,12H,1-6H2. The molecule has 78 valence electrons. The lowest BCUT2D eigenvalue weighted by atomic mass is 9.92. The lowest BCUT2D eigenvalue weighted by Gasteiger charge is -2.32. The van der Waals surface area contributed by atoms with Crippen molar-refractivity contribution in [1.29, 1.82) is 0 Å². The molecule has 2 atom stereocenters. The van der Waals surface area contributed by atoms with Gasteiger partial charge in [0.2, 0.25) is 5.91 Å². The first-order valence-electron chi connectivity index (χ1n) is 5.16. The molecule has 2 rings (SSSR count). The lowest BCUT2D eigenvalue weighted by Crippen LogP contribution is -2.41. The summed E-state index contributed by atoms with van der Waals surface area (Å²) in [7, 11) is 0. The number of hydrogen-bond acceptors (Lipinski definition) is 3. The van der Waals surface area contributed by atoms with Crippen molar-refractivity contribution in [1.82, 2.24) is 4.90 Å². The van der Waals surface area contributed by atoms with Crippen molar-refractivity contribution in [2.24, 2.45) is 0 Å². The van der Waals surface area contributed by atoms with Gasteiger partial charge in [0.05, 0.1) is 19.1 Å². The van der Waals surface area contributed by atoms with Gasteiger partial charge in [-0.3, -0.25) is 9.59 Å². The number of hydrogen-bond donors (Lipinski definition) is 1. The smallest absolute Gasteiger partial charge is 0.230 e. The van der Waals surface area contributed by atoms with Gasteiger partial charge in [-0.1, -0.05) is 0 Å².